The normalized spacial score (nSPS) is 21.4. The molecule has 1 unspecified atom stereocenters. The fraction of sp³-hybridized carbons (Fsp3) is 0.917. The number of carbonyl (C=O) groups excluding carboxylic acids is 1. The lowest BCUT2D eigenvalue weighted by Gasteiger charge is -2.38. The SMILES string of the molecule is COC(=O)C(C)(NCC(F)(F)F)C1CCCCC1. The first-order valence-corrected chi connectivity index (χ1v) is 6.20. The number of halogens is 3. The molecule has 1 aliphatic rings. The monoisotopic (exact) mass is 267 g/mol. The Kier molecular flexibility index (Phi) is 5.01. The maximum Gasteiger partial charge on any atom is 0.401 e. The van der Waals surface area contributed by atoms with Crippen LogP contribution in [0.2, 0.25) is 0 Å². The van der Waals surface area contributed by atoms with E-state index in [1.165, 1.54) is 14.0 Å². The van der Waals surface area contributed by atoms with Crippen LogP contribution in [-0.2, 0) is 9.53 Å². The van der Waals surface area contributed by atoms with E-state index in [0.29, 0.717) is 0 Å². The minimum Gasteiger partial charge on any atom is -0.468 e. The van der Waals surface area contributed by atoms with Gasteiger partial charge in [0.25, 0.3) is 0 Å². The van der Waals surface area contributed by atoms with Gasteiger partial charge in [0.1, 0.15) is 5.54 Å². The molecule has 1 fully saturated rings. The summed E-state index contributed by atoms with van der Waals surface area (Å²) in [5, 5.41) is 2.36. The van der Waals surface area contributed by atoms with Crippen molar-refractivity contribution in [2.45, 2.75) is 50.7 Å². The molecule has 106 valence electrons. The smallest absolute Gasteiger partial charge is 0.401 e. The summed E-state index contributed by atoms with van der Waals surface area (Å²) in [6.07, 6.45) is 0.166. The lowest BCUT2D eigenvalue weighted by atomic mass is 9.75. The van der Waals surface area contributed by atoms with Crippen LogP contribution in [0.1, 0.15) is 39.0 Å². The van der Waals surface area contributed by atoms with Gasteiger partial charge in [-0.25, -0.2) is 0 Å². The summed E-state index contributed by atoms with van der Waals surface area (Å²) in [6.45, 7) is 0.343. The van der Waals surface area contributed by atoms with E-state index in [4.69, 9.17) is 0 Å². The van der Waals surface area contributed by atoms with Crippen molar-refractivity contribution in [2.75, 3.05) is 13.7 Å². The van der Waals surface area contributed by atoms with Gasteiger partial charge in [-0.2, -0.15) is 13.2 Å². The van der Waals surface area contributed by atoms with E-state index in [9.17, 15) is 18.0 Å². The number of rotatable bonds is 4. The number of alkyl halides is 3. The summed E-state index contributed by atoms with van der Waals surface area (Å²) in [4.78, 5) is 11.8. The Morgan fingerprint density at radius 2 is 1.83 bits per heavy atom. The highest BCUT2D eigenvalue weighted by atomic mass is 19.4. The Hall–Kier alpha value is -0.780. The molecule has 0 saturated heterocycles. The largest absolute Gasteiger partial charge is 0.468 e. The second kappa shape index (κ2) is 5.91. The van der Waals surface area contributed by atoms with E-state index >= 15 is 0 Å². The number of ether oxygens (including phenoxy) is 1. The van der Waals surface area contributed by atoms with Crippen molar-refractivity contribution >= 4 is 5.97 Å². The van der Waals surface area contributed by atoms with Gasteiger partial charge >= 0.3 is 12.1 Å². The first-order valence-electron chi connectivity index (χ1n) is 6.20. The molecule has 0 aromatic rings. The molecule has 1 N–H and O–H groups in total. The van der Waals surface area contributed by atoms with Gasteiger partial charge in [-0.1, -0.05) is 19.3 Å². The fourth-order valence-electron chi connectivity index (χ4n) is 2.56. The van der Waals surface area contributed by atoms with Crippen molar-refractivity contribution in [1.29, 1.82) is 0 Å². The fourth-order valence-corrected chi connectivity index (χ4v) is 2.56. The van der Waals surface area contributed by atoms with Crippen LogP contribution in [0.5, 0.6) is 0 Å². The van der Waals surface area contributed by atoms with Crippen molar-refractivity contribution < 1.29 is 22.7 Å². The van der Waals surface area contributed by atoms with Gasteiger partial charge in [-0.3, -0.25) is 10.1 Å². The van der Waals surface area contributed by atoms with E-state index in [-0.39, 0.29) is 5.92 Å². The summed E-state index contributed by atoms with van der Waals surface area (Å²) >= 11 is 0. The van der Waals surface area contributed by atoms with Crippen molar-refractivity contribution in [3.63, 3.8) is 0 Å². The summed E-state index contributed by atoms with van der Waals surface area (Å²) in [6, 6.07) is 0. The molecule has 0 heterocycles. The van der Waals surface area contributed by atoms with Gasteiger partial charge in [-0.05, 0) is 25.7 Å². The minimum atomic E-state index is -4.33. The average molecular weight is 267 g/mol. The molecular formula is C12H20F3NO2. The predicted molar refractivity (Wildman–Crippen MR) is 61.1 cm³/mol. The third kappa shape index (κ3) is 3.86. The molecule has 0 radical (unpaired) electrons. The Labute approximate surface area is 105 Å². The number of esters is 1. The molecule has 18 heavy (non-hydrogen) atoms. The number of hydrogen-bond acceptors (Lipinski definition) is 3. The molecule has 0 bridgehead atoms. The summed E-state index contributed by atoms with van der Waals surface area (Å²) in [7, 11) is 1.21. The van der Waals surface area contributed by atoms with E-state index in [2.05, 4.69) is 10.1 Å². The molecule has 1 atom stereocenters. The van der Waals surface area contributed by atoms with Crippen molar-refractivity contribution in [3.05, 3.63) is 0 Å². The van der Waals surface area contributed by atoms with Crippen LogP contribution in [0.15, 0.2) is 0 Å². The van der Waals surface area contributed by atoms with Crippen LogP contribution < -0.4 is 5.32 Å². The highest BCUT2D eigenvalue weighted by molar-refractivity contribution is 5.80. The Balaban J connectivity index is 2.77. The van der Waals surface area contributed by atoms with Crippen LogP contribution >= 0.6 is 0 Å². The minimum absolute atomic E-state index is 0.0963. The molecule has 0 aliphatic heterocycles. The van der Waals surface area contributed by atoms with Crippen LogP contribution in [0.3, 0.4) is 0 Å². The summed E-state index contributed by atoms with van der Waals surface area (Å²) < 4.78 is 41.6. The third-order valence-electron chi connectivity index (χ3n) is 3.69. The quantitative estimate of drug-likeness (QED) is 0.796. The van der Waals surface area contributed by atoms with Gasteiger partial charge < -0.3 is 4.74 Å². The molecule has 0 aromatic carbocycles. The Morgan fingerprint density at radius 3 is 2.28 bits per heavy atom. The standard InChI is InChI=1S/C12H20F3NO2/c1-11(10(17)18-2,16-8-12(13,14)15)9-6-4-3-5-7-9/h9,16H,3-8H2,1-2H3. The molecule has 6 heteroatoms. The number of hydrogen-bond donors (Lipinski definition) is 1. The zero-order chi connectivity index (χ0) is 13.8. The zero-order valence-corrected chi connectivity index (χ0v) is 10.8. The predicted octanol–water partition coefficient (Wildman–Crippen LogP) is 2.65. The second-order valence-corrected chi connectivity index (χ2v) is 5.00. The first-order chi connectivity index (χ1) is 8.29. The molecule has 1 saturated carbocycles. The highest BCUT2D eigenvalue weighted by Crippen LogP contribution is 2.34. The number of carbonyl (C=O) groups is 1. The van der Waals surface area contributed by atoms with Gasteiger partial charge in [0.05, 0.1) is 13.7 Å². The third-order valence-corrected chi connectivity index (χ3v) is 3.69. The van der Waals surface area contributed by atoms with Crippen molar-refractivity contribution in [2.24, 2.45) is 5.92 Å². The van der Waals surface area contributed by atoms with Crippen molar-refractivity contribution in [1.82, 2.24) is 5.32 Å². The molecule has 3 nitrogen and oxygen atoms in total. The topological polar surface area (TPSA) is 38.3 Å². The Morgan fingerprint density at radius 1 is 1.28 bits per heavy atom. The van der Waals surface area contributed by atoms with Gasteiger partial charge in [-0.15, -0.1) is 0 Å². The maximum atomic E-state index is 12.3. The molecule has 0 spiro atoms. The van der Waals surface area contributed by atoms with Crippen molar-refractivity contribution in [3.8, 4) is 0 Å². The number of nitrogens with one attached hydrogen (secondary N) is 1. The average Bonchev–Trinajstić information content (AvgIpc) is 2.35. The first kappa shape index (κ1) is 15.3. The summed E-state index contributed by atoms with van der Waals surface area (Å²) in [5.74, 6) is -0.709. The molecule has 0 aromatic heterocycles. The van der Waals surface area contributed by atoms with Crippen LogP contribution in [-0.4, -0.2) is 31.3 Å². The molecule has 1 aliphatic carbocycles. The number of methoxy groups -OCH3 is 1. The van der Waals surface area contributed by atoms with Gasteiger partial charge in [0.15, 0.2) is 0 Å². The van der Waals surface area contributed by atoms with Crippen LogP contribution in [0.4, 0.5) is 13.2 Å². The van der Waals surface area contributed by atoms with E-state index in [1.807, 2.05) is 0 Å². The van der Waals surface area contributed by atoms with Gasteiger partial charge in [0, 0.05) is 0 Å². The molecular weight excluding hydrogens is 247 g/mol. The van der Waals surface area contributed by atoms with Gasteiger partial charge in [0.2, 0.25) is 0 Å². The van der Waals surface area contributed by atoms with Crippen LogP contribution in [0, 0.1) is 5.92 Å². The Bertz CT molecular complexity index is 288. The molecule has 1 rings (SSSR count). The molecule has 0 amide bonds. The van der Waals surface area contributed by atoms with E-state index in [1.54, 1.807) is 0 Å². The van der Waals surface area contributed by atoms with E-state index < -0.39 is 24.2 Å². The lowest BCUT2D eigenvalue weighted by molar-refractivity contribution is -0.156. The maximum absolute atomic E-state index is 12.3. The second-order valence-electron chi connectivity index (χ2n) is 5.00. The van der Waals surface area contributed by atoms with Crippen LogP contribution in [0.25, 0.3) is 0 Å². The summed E-state index contributed by atoms with van der Waals surface area (Å²) in [5.41, 5.74) is -1.25. The van der Waals surface area contributed by atoms with E-state index in [0.717, 1.165) is 32.1 Å². The highest BCUT2D eigenvalue weighted by Gasteiger charge is 2.44. The zero-order valence-electron chi connectivity index (χ0n) is 10.8. The lowest BCUT2D eigenvalue weighted by Crippen LogP contribution is -2.58.